The van der Waals surface area contributed by atoms with Crippen LogP contribution in [-0.2, 0) is 4.79 Å². The zero-order valence-corrected chi connectivity index (χ0v) is 11.7. The molecule has 0 radical (unpaired) electrons. The van der Waals surface area contributed by atoms with Gasteiger partial charge in [0.2, 0.25) is 17.6 Å². The molecule has 2 unspecified atom stereocenters. The summed E-state index contributed by atoms with van der Waals surface area (Å²) in [5, 5.41) is 16.5. The maximum absolute atomic E-state index is 12.2. The molecule has 1 aliphatic carbocycles. The van der Waals surface area contributed by atoms with Gasteiger partial charge in [-0.15, -0.1) is 0 Å². The third-order valence-electron chi connectivity index (χ3n) is 3.73. The van der Waals surface area contributed by atoms with E-state index in [1.54, 1.807) is 19.1 Å². The molecule has 2 atom stereocenters. The molecule has 1 amide bonds. The van der Waals surface area contributed by atoms with Gasteiger partial charge >= 0.3 is 0 Å². The number of aryl methyl sites for hydroxylation is 1. The Balaban J connectivity index is 1.76. The lowest BCUT2D eigenvalue weighted by Crippen LogP contribution is -2.28. The van der Waals surface area contributed by atoms with E-state index in [9.17, 15) is 9.90 Å². The van der Waals surface area contributed by atoms with Crippen molar-refractivity contribution >= 4 is 11.6 Å². The third kappa shape index (κ3) is 2.95. The molecule has 0 spiro atoms. The van der Waals surface area contributed by atoms with Crippen molar-refractivity contribution in [2.45, 2.75) is 32.3 Å². The summed E-state index contributed by atoms with van der Waals surface area (Å²) in [6.45, 7) is 1.73. The van der Waals surface area contributed by atoms with Crippen LogP contribution in [0, 0.1) is 12.8 Å². The number of carbonyl (C=O) groups excluding carboxylic acids is 1. The van der Waals surface area contributed by atoms with Crippen LogP contribution < -0.4 is 5.32 Å². The Kier molecular flexibility index (Phi) is 3.70. The molecule has 3 rings (SSSR count). The molecule has 1 aromatic carbocycles. The van der Waals surface area contributed by atoms with Crippen LogP contribution in [0.15, 0.2) is 28.8 Å². The molecule has 1 saturated carbocycles. The second-order valence-electron chi connectivity index (χ2n) is 5.31. The van der Waals surface area contributed by atoms with Crippen molar-refractivity contribution in [2.75, 3.05) is 5.32 Å². The maximum atomic E-state index is 12.2. The minimum atomic E-state index is -0.534. The van der Waals surface area contributed by atoms with Crippen molar-refractivity contribution in [3.8, 4) is 11.4 Å². The molecule has 1 aliphatic rings. The van der Waals surface area contributed by atoms with Crippen LogP contribution in [0.3, 0.4) is 0 Å². The van der Waals surface area contributed by atoms with Crippen molar-refractivity contribution in [3.05, 3.63) is 30.2 Å². The first-order valence-electron chi connectivity index (χ1n) is 7.03. The van der Waals surface area contributed by atoms with Gasteiger partial charge in [0, 0.05) is 18.2 Å². The Morgan fingerprint density at radius 2 is 2.29 bits per heavy atom. The third-order valence-corrected chi connectivity index (χ3v) is 3.73. The van der Waals surface area contributed by atoms with E-state index >= 15 is 0 Å². The van der Waals surface area contributed by atoms with Crippen LogP contribution in [0.25, 0.3) is 11.4 Å². The number of carbonyl (C=O) groups is 1. The van der Waals surface area contributed by atoms with E-state index in [-0.39, 0.29) is 11.8 Å². The van der Waals surface area contributed by atoms with Gasteiger partial charge < -0.3 is 14.9 Å². The number of aromatic nitrogens is 2. The van der Waals surface area contributed by atoms with Gasteiger partial charge in [0.1, 0.15) is 0 Å². The number of anilines is 1. The molecule has 1 aromatic heterocycles. The van der Waals surface area contributed by atoms with Crippen molar-refractivity contribution in [3.63, 3.8) is 0 Å². The van der Waals surface area contributed by atoms with Crippen LogP contribution in [0.2, 0.25) is 0 Å². The molecule has 2 aromatic rings. The fraction of sp³-hybridized carbons (Fsp3) is 0.400. The largest absolute Gasteiger partial charge is 0.392 e. The predicted molar refractivity (Wildman–Crippen MR) is 76.4 cm³/mol. The second-order valence-corrected chi connectivity index (χ2v) is 5.31. The van der Waals surface area contributed by atoms with Crippen molar-refractivity contribution in [2.24, 2.45) is 5.92 Å². The molecule has 6 heteroatoms. The summed E-state index contributed by atoms with van der Waals surface area (Å²) in [4.78, 5) is 16.3. The molecule has 0 aliphatic heterocycles. The van der Waals surface area contributed by atoms with E-state index in [2.05, 4.69) is 15.5 Å². The first-order valence-corrected chi connectivity index (χ1v) is 7.03. The average molecular weight is 287 g/mol. The highest BCUT2D eigenvalue weighted by Crippen LogP contribution is 2.27. The second kappa shape index (κ2) is 5.65. The van der Waals surface area contributed by atoms with Crippen LogP contribution in [0.1, 0.15) is 25.2 Å². The molecule has 0 saturated heterocycles. The lowest BCUT2D eigenvalue weighted by atomic mass is 10.0. The van der Waals surface area contributed by atoms with Crippen LogP contribution >= 0.6 is 0 Å². The van der Waals surface area contributed by atoms with Crippen molar-refractivity contribution in [1.82, 2.24) is 10.1 Å². The van der Waals surface area contributed by atoms with Gasteiger partial charge in [0.25, 0.3) is 0 Å². The van der Waals surface area contributed by atoms with Gasteiger partial charge in [-0.05, 0) is 31.4 Å². The fourth-order valence-electron chi connectivity index (χ4n) is 2.63. The monoisotopic (exact) mass is 287 g/mol. The minimum absolute atomic E-state index is 0.138. The highest BCUT2D eigenvalue weighted by atomic mass is 16.5. The lowest BCUT2D eigenvalue weighted by molar-refractivity contribution is -0.122. The molecule has 0 bridgehead atoms. The zero-order valence-electron chi connectivity index (χ0n) is 11.7. The Bertz CT molecular complexity index is 653. The predicted octanol–water partition coefficient (Wildman–Crippen LogP) is 2.14. The minimum Gasteiger partial charge on any atom is -0.392 e. The number of hydrogen-bond donors (Lipinski definition) is 2. The summed E-state index contributed by atoms with van der Waals surface area (Å²) in [5.41, 5.74) is 1.44. The molecular formula is C15H17N3O3. The highest BCUT2D eigenvalue weighted by Gasteiger charge is 2.31. The Labute approximate surface area is 122 Å². The summed E-state index contributed by atoms with van der Waals surface area (Å²) in [7, 11) is 0. The highest BCUT2D eigenvalue weighted by molar-refractivity contribution is 5.93. The van der Waals surface area contributed by atoms with Gasteiger partial charge in [-0.1, -0.05) is 17.3 Å². The van der Waals surface area contributed by atoms with Crippen LogP contribution in [-0.4, -0.2) is 27.3 Å². The summed E-state index contributed by atoms with van der Waals surface area (Å²) in [6, 6.07) is 7.27. The Morgan fingerprint density at radius 3 is 2.95 bits per heavy atom. The summed E-state index contributed by atoms with van der Waals surface area (Å²) < 4.78 is 4.95. The van der Waals surface area contributed by atoms with E-state index in [0.717, 1.165) is 18.4 Å². The number of aliphatic hydroxyl groups excluding tert-OH is 1. The van der Waals surface area contributed by atoms with Gasteiger partial charge in [-0.2, -0.15) is 4.98 Å². The lowest BCUT2D eigenvalue weighted by Gasteiger charge is -2.14. The summed E-state index contributed by atoms with van der Waals surface area (Å²) >= 11 is 0. The van der Waals surface area contributed by atoms with E-state index in [1.165, 1.54) is 0 Å². The molecular weight excluding hydrogens is 270 g/mol. The van der Waals surface area contributed by atoms with Gasteiger partial charge in [0.05, 0.1) is 12.0 Å². The summed E-state index contributed by atoms with van der Waals surface area (Å²) in [5.74, 6) is 0.528. The average Bonchev–Trinajstić information content (AvgIpc) is 3.08. The normalized spacial score (nSPS) is 21.4. The Morgan fingerprint density at radius 1 is 1.43 bits per heavy atom. The number of amides is 1. The summed E-state index contributed by atoms with van der Waals surface area (Å²) in [6.07, 6.45) is 1.78. The van der Waals surface area contributed by atoms with E-state index < -0.39 is 6.10 Å². The van der Waals surface area contributed by atoms with Crippen molar-refractivity contribution in [1.29, 1.82) is 0 Å². The van der Waals surface area contributed by atoms with E-state index in [4.69, 9.17) is 4.52 Å². The molecule has 1 fully saturated rings. The molecule has 110 valence electrons. The number of aliphatic hydroxyl groups is 1. The van der Waals surface area contributed by atoms with E-state index in [0.29, 0.717) is 23.8 Å². The quantitative estimate of drug-likeness (QED) is 0.903. The van der Waals surface area contributed by atoms with Crippen LogP contribution in [0.4, 0.5) is 5.69 Å². The standard InChI is InChI=1S/C15H17N3O3/c1-9-16-14(18-21-9)10-4-2-5-11(8-10)17-15(20)12-6-3-7-13(12)19/h2,4-5,8,12-13,19H,3,6-7H2,1H3,(H,17,20). The maximum Gasteiger partial charge on any atom is 0.230 e. The molecule has 1 heterocycles. The number of hydrogen-bond acceptors (Lipinski definition) is 5. The van der Waals surface area contributed by atoms with E-state index in [1.807, 2.05) is 12.1 Å². The number of rotatable bonds is 3. The zero-order chi connectivity index (χ0) is 14.8. The first-order chi connectivity index (χ1) is 10.1. The Hall–Kier alpha value is -2.21. The molecule has 2 N–H and O–H groups in total. The SMILES string of the molecule is Cc1nc(-c2cccc(NC(=O)C3CCCC3O)c2)no1. The van der Waals surface area contributed by atoms with Crippen molar-refractivity contribution < 1.29 is 14.4 Å². The van der Waals surface area contributed by atoms with Gasteiger partial charge in [-0.3, -0.25) is 4.79 Å². The smallest absolute Gasteiger partial charge is 0.230 e. The molecule has 21 heavy (non-hydrogen) atoms. The number of benzene rings is 1. The number of nitrogens with zero attached hydrogens (tertiary/aromatic N) is 2. The van der Waals surface area contributed by atoms with Gasteiger partial charge in [-0.25, -0.2) is 0 Å². The van der Waals surface area contributed by atoms with Crippen LogP contribution in [0.5, 0.6) is 0 Å². The number of nitrogens with one attached hydrogen (secondary N) is 1. The molecule has 6 nitrogen and oxygen atoms in total. The topological polar surface area (TPSA) is 88.2 Å². The first kappa shape index (κ1) is 13.8. The van der Waals surface area contributed by atoms with Gasteiger partial charge in [0.15, 0.2) is 0 Å². The fourth-order valence-corrected chi connectivity index (χ4v) is 2.63.